The summed E-state index contributed by atoms with van der Waals surface area (Å²) in [4.78, 5) is 13.7. The Kier molecular flexibility index (Phi) is 4.40. The molecule has 18 heavy (non-hydrogen) atoms. The second-order valence-electron chi connectivity index (χ2n) is 4.34. The molecule has 2 rings (SSSR count). The number of hydrogen-bond acceptors (Lipinski definition) is 3. The summed E-state index contributed by atoms with van der Waals surface area (Å²) in [6.07, 6.45) is 5.83. The number of rotatable bonds is 4. The first kappa shape index (κ1) is 12.7. The second kappa shape index (κ2) is 6.24. The summed E-state index contributed by atoms with van der Waals surface area (Å²) in [5.41, 5.74) is 2.28. The van der Waals surface area contributed by atoms with Crippen LogP contribution in [0.2, 0.25) is 0 Å². The molecule has 0 radical (unpaired) electrons. The van der Waals surface area contributed by atoms with Gasteiger partial charge in [-0.2, -0.15) is 0 Å². The highest BCUT2D eigenvalue weighted by molar-refractivity contribution is 5.88. The van der Waals surface area contributed by atoms with Gasteiger partial charge in [-0.1, -0.05) is 18.2 Å². The molecule has 1 heterocycles. The Morgan fingerprint density at radius 1 is 1.33 bits per heavy atom. The van der Waals surface area contributed by atoms with E-state index in [1.165, 1.54) is 24.6 Å². The third kappa shape index (κ3) is 3.13. The molecule has 0 unspecified atom stereocenters. The predicted molar refractivity (Wildman–Crippen MR) is 73.6 cm³/mol. The Morgan fingerprint density at radius 3 is 2.78 bits per heavy atom. The first-order valence-corrected chi connectivity index (χ1v) is 6.50. The molecule has 3 heteroatoms. The normalized spacial score (nSPS) is 15.3. The van der Waals surface area contributed by atoms with E-state index in [-0.39, 0.29) is 5.97 Å². The van der Waals surface area contributed by atoms with Gasteiger partial charge in [-0.05, 0) is 37.5 Å². The smallest absolute Gasteiger partial charge is 0.330 e. The Balaban J connectivity index is 2.14. The van der Waals surface area contributed by atoms with E-state index < -0.39 is 0 Å². The molecule has 0 atom stereocenters. The van der Waals surface area contributed by atoms with Gasteiger partial charge in [0.05, 0.1) is 6.61 Å². The zero-order valence-electron chi connectivity index (χ0n) is 10.8. The largest absolute Gasteiger partial charge is 0.463 e. The molecule has 1 aromatic rings. The number of benzene rings is 1. The van der Waals surface area contributed by atoms with Gasteiger partial charge >= 0.3 is 5.97 Å². The molecule has 3 nitrogen and oxygen atoms in total. The molecular formula is C15H19NO2. The summed E-state index contributed by atoms with van der Waals surface area (Å²) in [7, 11) is 0. The highest BCUT2D eigenvalue weighted by Gasteiger charge is 2.14. The molecule has 0 amide bonds. The molecule has 0 spiro atoms. The average Bonchev–Trinajstić information content (AvgIpc) is 2.91. The van der Waals surface area contributed by atoms with Gasteiger partial charge in [0.1, 0.15) is 0 Å². The van der Waals surface area contributed by atoms with Crippen LogP contribution in [-0.2, 0) is 9.53 Å². The maximum atomic E-state index is 11.3. The number of hydrogen-bond donors (Lipinski definition) is 0. The van der Waals surface area contributed by atoms with Crippen molar-refractivity contribution in [2.75, 3.05) is 24.6 Å². The number of ether oxygens (including phenoxy) is 1. The lowest BCUT2D eigenvalue weighted by molar-refractivity contribution is -0.137. The standard InChI is InChI=1S/C15H19NO2/c1-2-18-15(17)10-9-13-7-3-4-8-14(13)16-11-5-6-12-16/h3-4,7-10H,2,5-6,11-12H2,1H3/b10-9+. The number of nitrogens with zero attached hydrogens (tertiary/aromatic N) is 1. The summed E-state index contributed by atoms with van der Waals surface area (Å²) >= 11 is 0. The van der Waals surface area contributed by atoms with E-state index in [0.717, 1.165) is 18.7 Å². The number of carbonyl (C=O) groups is 1. The van der Waals surface area contributed by atoms with Crippen LogP contribution in [0.3, 0.4) is 0 Å². The molecule has 1 fully saturated rings. The topological polar surface area (TPSA) is 29.5 Å². The van der Waals surface area contributed by atoms with Crippen molar-refractivity contribution in [3.63, 3.8) is 0 Å². The Hall–Kier alpha value is -1.77. The highest BCUT2D eigenvalue weighted by Crippen LogP contribution is 2.25. The molecule has 0 bridgehead atoms. The van der Waals surface area contributed by atoms with Crippen LogP contribution in [0.4, 0.5) is 5.69 Å². The van der Waals surface area contributed by atoms with Gasteiger partial charge in [-0.25, -0.2) is 4.79 Å². The highest BCUT2D eigenvalue weighted by atomic mass is 16.5. The zero-order chi connectivity index (χ0) is 12.8. The van der Waals surface area contributed by atoms with Crippen molar-refractivity contribution >= 4 is 17.7 Å². The SMILES string of the molecule is CCOC(=O)/C=C/c1ccccc1N1CCCC1. The summed E-state index contributed by atoms with van der Waals surface area (Å²) < 4.78 is 4.89. The van der Waals surface area contributed by atoms with E-state index in [2.05, 4.69) is 11.0 Å². The third-order valence-corrected chi connectivity index (χ3v) is 3.07. The Bertz CT molecular complexity index is 434. The first-order valence-electron chi connectivity index (χ1n) is 6.50. The molecule has 1 aromatic carbocycles. The van der Waals surface area contributed by atoms with Crippen molar-refractivity contribution in [1.29, 1.82) is 0 Å². The lowest BCUT2D eigenvalue weighted by Crippen LogP contribution is -2.18. The Labute approximate surface area is 108 Å². The third-order valence-electron chi connectivity index (χ3n) is 3.07. The van der Waals surface area contributed by atoms with Crippen LogP contribution in [0.1, 0.15) is 25.3 Å². The van der Waals surface area contributed by atoms with Crippen LogP contribution in [0.25, 0.3) is 6.08 Å². The molecule has 1 aliphatic heterocycles. The van der Waals surface area contributed by atoms with Crippen LogP contribution < -0.4 is 4.90 Å². The minimum absolute atomic E-state index is 0.284. The zero-order valence-corrected chi connectivity index (χ0v) is 10.8. The van der Waals surface area contributed by atoms with Gasteiger partial charge in [-0.15, -0.1) is 0 Å². The fourth-order valence-corrected chi connectivity index (χ4v) is 2.22. The van der Waals surface area contributed by atoms with Crippen LogP contribution in [0, 0.1) is 0 Å². The molecule has 0 aromatic heterocycles. The van der Waals surface area contributed by atoms with Gasteiger partial charge in [0.25, 0.3) is 0 Å². The van der Waals surface area contributed by atoms with Gasteiger partial charge in [-0.3, -0.25) is 0 Å². The maximum absolute atomic E-state index is 11.3. The van der Waals surface area contributed by atoms with Crippen molar-refractivity contribution < 1.29 is 9.53 Å². The van der Waals surface area contributed by atoms with E-state index in [9.17, 15) is 4.79 Å². The van der Waals surface area contributed by atoms with Gasteiger partial charge < -0.3 is 9.64 Å². The van der Waals surface area contributed by atoms with Crippen LogP contribution >= 0.6 is 0 Å². The van der Waals surface area contributed by atoms with Crippen LogP contribution in [0.5, 0.6) is 0 Å². The maximum Gasteiger partial charge on any atom is 0.330 e. The summed E-state index contributed by atoms with van der Waals surface area (Å²) in [6.45, 7) is 4.43. The van der Waals surface area contributed by atoms with Gasteiger partial charge in [0.2, 0.25) is 0 Å². The predicted octanol–water partition coefficient (Wildman–Crippen LogP) is 2.86. The van der Waals surface area contributed by atoms with Crippen molar-refractivity contribution in [2.45, 2.75) is 19.8 Å². The second-order valence-corrected chi connectivity index (χ2v) is 4.34. The summed E-state index contributed by atoms with van der Waals surface area (Å²) in [5.74, 6) is -0.284. The molecule has 1 aliphatic rings. The minimum atomic E-state index is -0.284. The number of esters is 1. The number of carbonyl (C=O) groups excluding carboxylic acids is 1. The van der Waals surface area contributed by atoms with E-state index in [1.54, 1.807) is 0 Å². The van der Waals surface area contributed by atoms with E-state index in [0.29, 0.717) is 6.61 Å². The molecule has 1 saturated heterocycles. The van der Waals surface area contributed by atoms with Crippen molar-refractivity contribution in [2.24, 2.45) is 0 Å². The molecular weight excluding hydrogens is 226 g/mol. The minimum Gasteiger partial charge on any atom is -0.463 e. The fraction of sp³-hybridized carbons (Fsp3) is 0.400. The van der Waals surface area contributed by atoms with Crippen molar-refractivity contribution in [3.05, 3.63) is 35.9 Å². The lowest BCUT2D eigenvalue weighted by atomic mass is 10.1. The number of anilines is 1. The van der Waals surface area contributed by atoms with E-state index in [1.807, 2.05) is 31.2 Å². The summed E-state index contributed by atoms with van der Waals surface area (Å²) in [6, 6.07) is 8.17. The van der Waals surface area contributed by atoms with Crippen molar-refractivity contribution in [3.8, 4) is 0 Å². The Morgan fingerprint density at radius 2 is 2.06 bits per heavy atom. The van der Waals surface area contributed by atoms with Crippen LogP contribution in [-0.4, -0.2) is 25.7 Å². The lowest BCUT2D eigenvalue weighted by Gasteiger charge is -2.19. The fourth-order valence-electron chi connectivity index (χ4n) is 2.22. The van der Waals surface area contributed by atoms with Gasteiger partial charge in [0.15, 0.2) is 0 Å². The molecule has 96 valence electrons. The average molecular weight is 245 g/mol. The quantitative estimate of drug-likeness (QED) is 0.603. The molecule has 0 N–H and O–H groups in total. The summed E-state index contributed by atoms with van der Waals surface area (Å²) in [5, 5.41) is 0. The molecule has 0 saturated carbocycles. The van der Waals surface area contributed by atoms with E-state index >= 15 is 0 Å². The van der Waals surface area contributed by atoms with Crippen LogP contribution in [0.15, 0.2) is 30.3 Å². The van der Waals surface area contributed by atoms with E-state index in [4.69, 9.17) is 4.74 Å². The first-order chi connectivity index (χ1) is 8.81. The number of para-hydroxylation sites is 1. The van der Waals surface area contributed by atoms with Crippen molar-refractivity contribution in [1.82, 2.24) is 0 Å². The monoisotopic (exact) mass is 245 g/mol. The van der Waals surface area contributed by atoms with Gasteiger partial charge in [0, 0.05) is 24.9 Å². The molecule has 0 aliphatic carbocycles.